The molecule has 0 radical (unpaired) electrons. The SMILES string of the molecule is Cc1csc(-c2c(NC(=O)C3CCCCC3)sc3c2CCCC3)n1.O=C(O)O. The standard InChI is InChI=1S/C19H24N2OS2.CH2O3/c1-12-11-23-18(20-12)16-14-9-5-6-10-15(14)24-19(16)21-17(22)13-7-3-2-4-8-13;2-1(3)4/h11,13H,2-10H2,1H3,(H,21,22);(H2,2,3,4). The third-order valence-corrected chi connectivity index (χ3v) is 7.40. The van der Waals surface area contributed by atoms with Gasteiger partial charge >= 0.3 is 6.16 Å². The Morgan fingerprint density at radius 1 is 1.11 bits per heavy atom. The zero-order valence-corrected chi connectivity index (χ0v) is 17.6. The van der Waals surface area contributed by atoms with Crippen LogP contribution in [-0.2, 0) is 17.6 Å². The first-order valence-electron chi connectivity index (χ1n) is 9.75. The van der Waals surface area contributed by atoms with Gasteiger partial charge in [0.05, 0.1) is 0 Å². The normalized spacial score (nSPS) is 16.6. The molecular formula is C20H26N2O4S2. The number of fused-ring (bicyclic) bond motifs is 1. The second-order valence-corrected chi connectivity index (χ2v) is 9.28. The van der Waals surface area contributed by atoms with Gasteiger partial charge in [0.1, 0.15) is 10.0 Å². The van der Waals surface area contributed by atoms with Crippen molar-refractivity contribution >= 4 is 39.7 Å². The number of nitrogens with one attached hydrogen (secondary N) is 1. The maximum Gasteiger partial charge on any atom is 0.503 e. The van der Waals surface area contributed by atoms with Gasteiger partial charge in [-0.2, -0.15) is 0 Å². The van der Waals surface area contributed by atoms with E-state index < -0.39 is 6.16 Å². The summed E-state index contributed by atoms with van der Waals surface area (Å²) < 4.78 is 0. The minimum atomic E-state index is -1.83. The van der Waals surface area contributed by atoms with Crippen molar-refractivity contribution in [2.45, 2.75) is 64.7 Å². The molecule has 0 aromatic carbocycles. The van der Waals surface area contributed by atoms with Gasteiger partial charge in [0, 0.05) is 27.4 Å². The van der Waals surface area contributed by atoms with E-state index in [2.05, 4.69) is 10.7 Å². The van der Waals surface area contributed by atoms with Crippen molar-refractivity contribution in [3.63, 3.8) is 0 Å². The van der Waals surface area contributed by atoms with Crippen LogP contribution in [0.1, 0.15) is 61.1 Å². The Morgan fingerprint density at radius 2 is 1.79 bits per heavy atom. The largest absolute Gasteiger partial charge is 0.503 e. The molecule has 6 nitrogen and oxygen atoms in total. The highest BCUT2D eigenvalue weighted by Crippen LogP contribution is 2.45. The van der Waals surface area contributed by atoms with Crippen molar-refractivity contribution in [2.75, 3.05) is 5.32 Å². The van der Waals surface area contributed by atoms with Crippen molar-refractivity contribution in [3.05, 3.63) is 21.5 Å². The minimum Gasteiger partial charge on any atom is -0.450 e. The molecule has 2 heterocycles. The Balaban J connectivity index is 0.000000516. The van der Waals surface area contributed by atoms with Gasteiger partial charge in [-0.15, -0.1) is 22.7 Å². The number of carbonyl (C=O) groups excluding carboxylic acids is 1. The molecule has 152 valence electrons. The Morgan fingerprint density at radius 3 is 2.43 bits per heavy atom. The lowest BCUT2D eigenvalue weighted by Crippen LogP contribution is -2.24. The van der Waals surface area contributed by atoms with Gasteiger partial charge in [-0.05, 0) is 51.0 Å². The van der Waals surface area contributed by atoms with Crippen LogP contribution in [-0.4, -0.2) is 27.3 Å². The zero-order chi connectivity index (χ0) is 20.1. The van der Waals surface area contributed by atoms with Crippen LogP contribution in [0, 0.1) is 12.8 Å². The molecule has 1 saturated carbocycles. The van der Waals surface area contributed by atoms with Crippen LogP contribution in [0.3, 0.4) is 0 Å². The lowest BCUT2D eigenvalue weighted by molar-refractivity contribution is -0.120. The third-order valence-electron chi connectivity index (χ3n) is 5.22. The fourth-order valence-corrected chi connectivity index (χ4v) is 6.16. The first-order chi connectivity index (χ1) is 13.5. The highest BCUT2D eigenvalue weighted by molar-refractivity contribution is 7.18. The van der Waals surface area contributed by atoms with Crippen molar-refractivity contribution < 1.29 is 19.8 Å². The lowest BCUT2D eigenvalue weighted by Gasteiger charge is -2.20. The molecule has 0 spiro atoms. The molecule has 0 unspecified atom stereocenters. The summed E-state index contributed by atoms with van der Waals surface area (Å²) in [6.07, 6.45) is 8.70. The van der Waals surface area contributed by atoms with Gasteiger partial charge < -0.3 is 15.5 Å². The average Bonchev–Trinajstić information content (AvgIpc) is 3.24. The highest BCUT2D eigenvalue weighted by atomic mass is 32.1. The maximum atomic E-state index is 12.7. The number of carbonyl (C=O) groups is 2. The second kappa shape index (κ2) is 9.52. The summed E-state index contributed by atoms with van der Waals surface area (Å²) in [6, 6.07) is 0. The van der Waals surface area contributed by atoms with Crippen LogP contribution in [0.15, 0.2) is 5.38 Å². The van der Waals surface area contributed by atoms with E-state index in [-0.39, 0.29) is 11.8 Å². The maximum absolute atomic E-state index is 12.7. The van der Waals surface area contributed by atoms with Crippen LogP contribution >= 0.6 is 22.7 Å². The molecule has 2 aromatic rings. The summed E-state index contributed by atoms with van der Waals surface area (Å²) in [5, 5.41) is 21.5. The summed E-state index contributed by atoms with van der Waals surface area (Å²) in [4.78, 5) is 27.5. The van der Waals surface area contributed by atoms with E-state index in [0.717, 1.165) is 41.4 Å². The number of amides is 1. The number of thiophene rings is 1. The van der Waals surface area contributed by atoms with Crippen molar-refractivity contribution in [1.82, 2.24) is 4.98 Å². The van der Waals surface area contributed by atoms with E-state index in [1.165, 1.54) is 48.1 Å². The molecule has 3 N–H and O–H groups in total. The third kappa shape index (κ3) is 5.11. The Bertz CT molecular complexity index is 833. The van der Waals surface area contributed by atoms with Gasteiger partial charge in [0.25, 0.3) is 0 Å². The molecule has 2 aliphatic rings. The first-order valence-corrected chi connectivity index (χ1v) is 11.4. The van der Waals surface area contributed by atoms with Crippen LogP contribution in [0.4, 0.5) is 9.80 Å². The smallest absolute Gasteiger partial charge is 0.450 e. The predicted octanol–water partition coefficient (Wildman–Crippen LogP) is 5.80. The summed E-state index contributed by atoms with van der Waals surface area (Å²) in [5.74, 6) is 0.423. The highest BCUT2D eigenvalue weighted by Gasteiger charge is 2.27. The van der Waals surface area contributed by atoms with E-state index in [0.29, 0.717) is 0 Å². The molecule has 4 rings (SSSR count). The van der Waals surface area contributed by atoms with Gasteiger partial charge in [-0.3, -0.25) is 4.79 Å². The van der Waals surface area contributed by atoms with Crippen LogP contribution in [0.25, 0.3) is 10.6 Å². The fourth-order valence-electron chi connectivity index (χ4n) is 3.93. The summed E-state index contributed by atoms with van der Waals surface area (Å²) in [5.41, 5.74) is 3.73. The number of carboxylic acid groups (broad SMARTS) is 2. The van der Waals surface area contributed by atoms with E-state index in [4.69, 9.17) is 20.0 Å². The Labute approximate surface area is 172 Å². The molecule has 1 fully saturated rings. The van der Waals surface area contributed by atoms with Gasteiger partial charge in [0.15, 0.2) is 0 Å². The van der Waals surface area contributed by atoms with E-state index >= 15 is 0 Å². The molecule has 0 saturated heterocycles. The second-order valence-electron chi connectivity index (χ2n) is 7.32. The number of anilines is 1. The van der Waals surface area contributed by atoms with E-state index in [9.17, 15) is 4.79 Å². The molecule has 0 aliphatic heterocycles. The number of nitrogens with zero attached hydrogens (tertiary/aromatic N) is 1. The molecule has 0 atom stereocenters. The molecule has 1 amide bonds. The summed E-state index contributed by atoms with van der Waals surface area (Å²) >= 11 is 3.49. The van der Waals surface area contributed by atoms with E-state index in [1.54, 1.807) is 22.7 Å². The average molecular weight is 423 g/mol. The van der Waals surface area contributed by atoms with Crippen molar-refractivity contribution in [3.8, 4) is 10.6 Å². The fraction of sp³-hybridized carbons (Fsp3) is 0.550. The molecule has 0 bridgehead atoms. The number of hydrogen-bond acceptors (Lipinski definition) is 5. The van der Waals surface area contributed by atoms with Crippen LogP contribution in [0.5, 0.6) is 0 Å². The van der Waals surface area contributed by atoms with Crippen molar-refractivity contribution in [2.24, 2.45) is 5.92 Å². The molecular weight excluding hydrogens is 396 g/mol. The lowest BCUT2D eigenvalue weighted by atomic mass is 9.88. The molecule has 2 aromatic heterocycles. The Hall–Kier alpha value is -1.93. The monoisotopic (exact) mass is 422 g/mol. The number of aryl methyl sites for hydroxylation is 2. The van der Waals surface area contributed by atoms with Crippen molar-refractivity contribution in [1.29, 1.82) is 0 Å². The number of hydrogen-bond donors (Lipinski definition) is 3. The van der Waals surface area contributed by atoms with Crippen LogP contribution < -0.4 is 5.32 Å². The molecule has 28 heavy (non-hydrogen) atoms. The summed E-state index contributed by atoms with van der Waals surface area (Å²) in [7, 11) is 0. The molecule has 2 aliphatic carbocycles. The van der Waals surface area contributed by atoms with Gasteiger partial charge in [-0.25, -0.2) is 9.78 Å². The topological polar surface area (TPSA) is 99.5 Å². The number of thiazole rings is 1. The molecule has 8 heteroatoms. The van der Waals surface area contributed by atoms with Crippen LogP contribution in [0.2, 0.25) is 0 Å². The quantitative estimate of drug-likeness (QED) is 0.580. The number of aromatic nitrogens is 1. The van der Waals surface area contributed by atoms with Gasteiger partial charge in [0.2, 0.25) is 5.91 Å². The number of rotatable bonds is 3. The van der Waals surface area contributed by atoms with Gasteiger partial charge in [-0.1, -0.05) is 19.3 Å². The predicted molar refractivity (Wildman–Crippen MR) is 113 cm³/mol. The Kier molecular flexibility index (Phi) is 7.07. The summed E-state index contributed by atoms with van der Waals surface area (Å²) in [6.45, 7) is 2.04. The first kappa shape index (κ1) is 20.8. The zero-order valence-electron chi connectivity index (χ0n) is 16.0. The van der Waals surface area contributed by atoms with E-state index in [1.807, 2.05) is 6.92 Å². The minimum absolute atomic E-state index is 0.198.